The van der Waals surface area contributed by atoms with Gasteiger partial charge in [-0.1, -0.05) is 26.2 Å². The molecule has 0 amide bonds. The van der Waals surface area contributed by atoms with E-state index in [0.29, 0.717) is 25.4 Å². The first-order chi connectivity index (χ1) is 8.11. The highest BCUT2D eigenvalue weighted by atomic mass is 16.5. The summed E-state index contributed by atoms with van der Waals surface area (Å²) in [6.07, 6.45) is 6.15. The lowest BCUT2D eigenvalue weighted by atomic mass is 9.80. The molecular weight excluding hydrogens is 216 g/mol. The number of Topliss-reactive ketones (excluding diaryl/α,β-unsaturated/α-hetero) is 1. The van der Waals surface area contributed by atoms with Crippen molar-refractivity contribution in [3.8, 4) is 0 Å². The first-order valence-electron chi connectivity index (χ1n) is 6.79. The molecule has 0 N–H and O–H groups in total. The van der Waals surface area contributed by atoms with Crippen molar-refractivity contribution in [2.75, 3.05) is 6.61 Å². The highest BCUT2D eigenvalue weighted by Crippen LogP contribution is 2.31. The molecule has 17 heavy (non-hydrogen) atoms. The number of hydrogen-bond donors (Lipinski definition) is 0. The minimum absolute atomic E-state index is 0.220. The van der Waals surface area contributed by atoms with Crippen molar-refractivity contribution in [1.29, 1.82) is 0 Å². The Morgan fingerprint density at radius 2 is 2.00 bits per heavy atom. The molecule has 1 fully saturated rings. The van der Waals surface area contributed by atoms with Crippen molar-refractivity contribution in [1.82, 2.24) is 0 Å². The summed E-state index contributed by atoms with van der Waals surface area (Å²) < 4.78 is 4.81. The van der Waals surface area contributed by atoms with Gasteiger partial charge in [0.05, 0.1) is 13.0 Å². The molecule has 0 heterocycles. The molecule has 1 aliphatic rings. The monoisotopic (exact) mass is 240 g/mol. The zero-order chi connectivity index (χ0) is 12.7. The molecule has 0 aromatic heterocycles. The van der Waals surface area contributed by atoms with Crippen molar-refractivity contribution in [3.63, 3.8) is 0 Å². The maximum absolute atomic E-state index is 11.7. The maximum Gasteiger partial charge on any atom is 0.306 e. The number of ether oxygens (including phenoxy) is 1. The first kappa shape index (κ1) is 14.2. The van der Waals surface area contributed by atoms with Gasteiger partial charge in [0.25, 0.3) is 0 Å². The molecular formula is C14H24O3. The summed E-state index contributed by atoms with van der Waals surface area (Å²) in [5.74, 6) is 1.27. The SMILES string of the molecule is CCOC(=O)CCC(=O)CC1CCCC(C)C1. The van der Waals surface area contributed by atoms with E-state index in [1.807, 2.05) is 0 Å². The third-order valence-corrected chi connectivity index (χ3v) is 3.47. The van der Waals surface area contributed by atoms with E-state index in [2.05, 4.69) is 6.92 Å². The molecule has 0 radical (unpaired) electrons. The van der Waals surface area contributed by atoms with Crippen LogP contribution in [0.5, 0.6) is 0 Å². The Morgan fingerprint density at radius 3 is 2.65 bits per heavy atom. The number of esters is 1. The molecule has 3 heteroatoms. The van der Waals surface area contributed by atoms with Crippen LogP contribution in [0, 0.1) is 11.8 Å². The summed E-state index contributed by atoms with van der Waals surface area (Å²) in [6, 6.07) is 0. The summed E-state index contributed by atoms with van der Waals surface area (Å²) in [5.41, 5.74) is 0. The predicted octanol–water partition coefficient (Wildman–Crippen LogP) is 3.12. The molecule has 0 saturated heterocycles. The Bertz CT molecular complexity index is 260. The van der Waals surface area contributed by atoms with E-state index in [9.17, 15) is 9.59 Å². The van der Waals surface area contributed by atoms with Gasteiger partial charge in [-0.25, -0.2) is 0 Å². The van der Waals surface area contributed by atoms with Gasteiger partial charge in [-0.2, -0.15) is 0 Å². The fourth-order valence-corrected chi connectivity index (χ4v) is 2.64. The molecule has 0 spiro atoms. The fraction of sp³-hybridized carbons (Fsp3) is 0.857. The summed E-state index contributed by atoms with van der Waals surface area (Å²) >= 11 is 0. The highest BCUT2D eigenvalue weighted by Gasteiger charge is 2.21. The van der Waals surface area contributed by atoms with Gasteiger partial charge in [-0.15, -0.1) is 0 Å². The number of rotatable bonds is 6. The Morgan fingerprint density at radius 1 is 1.24 bits per heavy atom. The van der Waals surface area contributed by atoms with Crippen molar-refractivity contribution >= 4 is 11.8 Å². The lowest BCUT2D eigenvalue weighted by Gasteiger charge is -2.26. The zero-order valence-electron chi connectivity index (χ0n) is 11.0. The normalized spacial score (nSPS) is 24.4. The smallest absolute Gasteiger partial charge is 0.306 e. The molecule has 0 aliphatic heterocycles. The van der Waals surface area contributed by atoms with E-state index in [1.165, 1.54) is 25.7 Å². The third-order valence-electron chi connectivity index (χ3n) is 3.47. The average Bonchev–Trinajstić information content (AvgIpc) is 2.27. The molecule has 1 saturated carbocycles. The van der Waals surface area contributed by atoms with Gasteiger partial charge in [0.15, 0.2) is 0 Å². The second-order valence-electron chi connectivity index (χ2n) is 5.19. The van der Waals surface area contributed by atoms with Crippen molar-refractivity contribution in [3.05, 3.63) is 0 Å². The van der Waals surface area contributed by atoms with Crippen molar-refractivity contribution < 1.29 is 14.3 Å². The van der Waals surface area contributed by atoms with Crippen molar-refractivity contribution in [2.24, 2.45) is 11.8 Å². The Labute approximate surface area is 104 Å². The lowest BCUT2D eigenvalue weighted by molar-refractivity contribution is -0.144. The van der Waals surface area contributed by atoms with Crippen LogP contribution in [-0.4, -0.2) is 18.4 Å². The van der Waals surface area contributed by atoms with Crippen LogP contribution in [0.15, 0.2) is 0 Å². The van der Waals surface area contributed by atoms with Crippen LogP contribution in [0.25, 0.3) is 0 Å². The highest BCUT2D eigenvalue weighted by molar-refractivity contribution is 5.83. The van der Waals surface area contributed by atoms with E-state index < -0.39 is 0 Å². The largest absolute Gasteiger partial charge is 0.466 e. The van der Waals surface area contributed by atoms with Gasteiger partial charge < -0.3 is 4.74 Å². The van der Waals surface area contributed by atoms with Crippen LogP contribution < -0.4 is 0 Å². The van der Waals surface area contributed by atoms with E-state index in [-0.39, 0.29) is 18.2 Å². The molecule has 0 bridgehead atoms. The van der Waals surface area contributed by atoms with Crippen LogP contribution in [0.2, 0.25) is 0 Å². The van der Waals surface area contributed by atoms with Gasteiger partial charge in [0.2, 0.25) is 0 Å². The molecule has 2 unspecified atom stereocenters. The Kier molecular flexibility index (Phi) is 6.23. The molecule has 0 aromatic rings. The van der Waals surface area contributed by atoms with Gasteiger partial charge >= 0.3 is 5.97 Å². The van der Waals surface area contributed by atoms with Crippen LogP contribution in [0.3, 0.4) is 0 Å². The van der Waals surface area contributed by atoms with Crippen molar-refractivity contribution in [2.45, 2.75) is 58.8 Å². The maximum atomic E-state index is 11.7. The molecule has 98 valence electrons. The standard InChI is InChI=1S/C14H24O3/c1-3-17-14(16)8-7-13(15)10-12-6-4-5-11(2)9-12/h11-12H,3-10H2,1-2H3. The van der Waals surface area contributed by atoms with Crippen LogP contribution >= 0.6 is 0 Å². The number of carbonyl (C=O) groups is 2. The second kappa shape index (κ2) is 7.46. The topological polar surface area (TPSA) is 43.4 Å². The Balaban J connectivity index is 2.18. The summed E-state index contributed by atoms with van der Waals surface area (Å²) in [5, 5.41) is 0. The number of ketones is 1. The summed E-state index contributed by atoms with van der Waals surface area (Å²) in [7, 11) is 0. The summed E-state index contributed by atoms with van der Waals surface area (Å²) in [6.45, 7) is 4.44. The Hall–Kier alpha value is -0.860. The molecule has 1 aliphatic carbocycles. The van der Waals surface area contributed by atoms with E-state index in [1.54, 1.807) is 6.92 Å². The fourth-order valence-electron chi connectivity index (χ4n) is 2.64. The van der Waals surface area contributed by atoms with Gasteiger partial charge in [-0.05, 0) is 25.2 Å². The predicted molar refractivity (Wildman–Crippen MR) is 66.6 cm³/mol. The van der Waals surface area contributed by atoms with Gasteiger partial charge in [-0.3, -0.25) is 9.59 Å². The minimum atomic E-state index is -0.252. The number of carbonyl (C=O) groups excluding carboxylic acids is 2. The van der Waals surface area contributed by atoms with Gasteiger partial charge in [0, 0.05) is 12.8 Å². The summed E-state index contributed by atoms with van der Waals surface area (Å²) in [4.78, 5) is 22.8. The second-order valence-corrected chi connectivity index (χ2v) is 5.19. The van der Waals surface area contributed by atoms with Crippen LogP contribution in [-0.2, 0) is 14.3 Å². The lowest BCUT2D eigenvalue weighted by Crippen LogP contribution is -2.17. The molecule has 2 atom stereocenters. The van der Waals surface area contributed by atoms with E-state index in [0.717, 1.165) is 5.92 Å². The molecule has 1 rings (SSSR count). The van der Waals surface area contributed by atoms with Gasteiger partial charge in [0.1, 0.15) is 5.78 Å². The average molecular weight is 240 g/mol. The van der Waals surface area contributed by atoms with Crippen LogP contribution in [0.1, 0.15) is 58.8 Å². The third kappa shape index (κ3) is 5.85. The molecule has 3 nitrogen and oxygen atoms in total. The first-order valence-corrected chi connectivity index (χ1v) is 6.79. The van der Waals surface area contributed by atoms with E-state index >= 15 is 0 Å². The molecule has 0 aromatic carbocycles. The minimum Gasteiger partial charge on any atom is -0.466 e. The number of hydrogen-bond acceptors (Lipinski definition) is 3. The van der Waals surface area contributed by atoms with E-state index in [4.69, 9.17) is 4.74 Å². The quantitative estimate of drug-likeness (QED) is 0.670. The zero-order valence-corrected chi connectivity index (χ0v) is 11.0. The van der Waals surface area contributed by atoms with Crippen LogP contribution in [0.4, 0.5) is 0 Å².